The van der Waals surface area contributed by atoms with Gasteiger partial charge in [-0.2, -0.15) is 5.26 Å². The molecule has 0 fully saturated rings. The SMILES string of the molecule is N#C/C(=C\c1cc(Br)c(O)c(I)c1)C(N)=O. The molecule has 0 atom stereocenters. The number of amides is 1. The van der Waals surface area contributed by atoms with Crippen molar-refractivity contribution in [3.8, 4) is 11.8 Å². The van der Waals surface area contributed by atoms with Gasteiger partial charge in [-0.25, -0.2) is 0 Å². The predicted molar refractivity (Wildman–Crippen MR) is 71.3 cm³/mol. The summed E-state index contributed by atoms with van der Waals surface area (Å²) in [7, 11) is 0. The lowest BCUT2D eigenvalue weighted by Crippen LogP contribution is -2.12. The third-order valence-corrected chi connectivity index (χ3v) is 3.16. The van der Waals surface area contributed by atoms with Crippen LogP contribution in [0.2, 0.25) is 0 Å². The van der Waals surface area contributed by atoms with E-state index in [0.717, 1.165) is 0 Å². The Morgan fingerprint density at radius 3 is 2.69 bits per heavy atom. The summed E-state index contributed by atoms with van der Waals surface area (Å²) in [6.07, 6.45) is 1.37. The zero-order valence-electron chi connectivity index (χ0n) is 7.87. The Morgan fingerprint density at radius 2 is 2.25 bits per heavy atom. The van der Waals surface area contributed by atoms with Crippen molar-refractivity contribution in [1.29, 1.82) is 5.26 Å². The summed E-state index contributed by atoms with van der Waals surface area (Å²) < 4.78 is 1.10. The van der Waals surface area contributed by atoms with Gasteiger partial charge in [0.2, 0.25) is 0 Å². The molecule has 6 heteroatoms. The molecule has 1 rings (SSSR count). The van der Waals surface area contributed by atoms with Gasteiger partial charge in [-0.15, -0.1) is 0 Å². The molecular weight excluding hydrogens is 387 g/mol. The van der Waals surface area contributed by atoms with Gasteiger partial charge in [-0.3, -0.25) is 4.79 Å². The van der Waals surface area contributed by atoms with E-state index in [9.17, 15) is 9.90 Å². The van der Waals surface area contributed by atoms with Crippen LogP contribution in [0.4, 0.5) is 0 Å². The molecule has 0 spiro atoms. The number of nitrogens with two attached hydrogens (primary N) is 1. The normalized spacial score (nSPS) is 10.9. The van der Waals surface area contributed by atoms with Gasteiger partial charge in [0.15, 0.2) is 0 Å². The van der Waals surface area contributed by atoms with E-state index in [1.54, 1.807) is 18.2 Å². The second kappa shape index (κ2) is 5.32. The first-order chi connectivity index (χ1) is 7.45. The third-order valence-electron chi connectivity index (χ3n) is 1.74. The van der Waals surface area contributed by atoms with Gasteiger partial charge in [-0.1, -0.05) is 0 Å². The van der Waals surface area contributed by atoms with Crippen molar-refractivity contribution in [2.45, 2.75) is 0 Å². The molecule has 0 aliphatic heterocycles. The van der Waals surface area contributed by atoms with E-state index in [0.29, 0.717) is 13.6 Å². The lowest BCUT2D eigenvalue weighted by atomic mass is 10.1. The summed E-state index contributed by atoms with van der Waals surface area (Å²) in [4.78, 5) is 10.8. The highest BCUT2D eigenvalue weighted by molar-refractivity contribution is 14.1. The number of hydrogen-bond acceptors (Lipinski definition) is 3. The number of phenols is 1. The second-order valence-electron chi connectivity index (χ2n) is 2.87. The summed E-state index contributed by atoms with van der Waals surface area (Å²) in [5, 5.41) is 18.2. The average Bonchev–Trinajstić information content (AvgIpc) is 2.21. The Morgan fingerprint density at radius 1 is 1.62 bits per heavy atom. The zero-order chi connectivity index (χ0) is 12.3. The summed E-state index contributed by atoms with van der Waals surface area (Å²) in [6.45, 7) is 0. The largest absolute Gasteiger partial charge is 0.506 e. The van der Waals surface area contributed by atoms with Gasteiger partial charge < -0.3 is 10.8 Å². The summed E-state index contributed by atoms with van der Waals surface area (Å²) in [6, 6.07) is 4.94. The van der Waals surface area contributed by atoms with Crippen LogP contribution in [0.3, 0.4) is 0 Å². The Balaban J connectivity index is 3.27. The lowest BCUT2D eigenvalue weighted by molar-refractivity contribution is -0.114. The maximum atomic E-state index is 10.8. The van der Waals surface area contributed by atoms with Crippen LogP contribution in [0.25, 0.3) is 6.08 Å². The number of primary amides is 1. The van der Waals surface area contributed by atoms with E-state index in [4.69, 9.17) is 11.0 Å². The number of carbonyl (C=O) groups is 1. The fourth-order valence-electron chi connectivity index (χ4n) is 0.994. The summed E-state index contributed by atoms with van der Waals surface area (Å²) in [5.41, 5.74) is 5.49. The Kier molecular flexibility index (Phi) is 4.32. The van der Waals surface area contributed by atoms with Crippen molar-refractivity contribution in [3.63, 3.8) is 0 Å². The van der Waals surface area contributed by atoms with E-state index in [2.05, 4.69) is 15.9 Å². The monoisotopic (exact) mass is 392 g/mol. The predicted octanol–water partition coefficient (Wildman–Crippen LogP) is 2.15. The molecule has 0 aliphatic carbocycles. The van der Waals surface area contributed by atoms with Crippen molar-refractivity contribution in [1.82, 2.24) is 0 Å². The highest BCUT2D eigenvalue weighted by atomic mass is 127. The molecule has 82 valence electrons. The molecule has 1 aromatic rings. The molecule has 3 N–H and O–H groups in total. The van der Waals surface area contributed by atoms with Crippen LogP contribution in [0.1, 0.15) is 5.56 Å². The van der Waals surface area contributed by atoms with Crippen LogP contribution in [-0.4, -0.2) is 11.0 Å². The van der Waals surface area contributed by atoms with E-state index < -0.39 is 5.91 Å². The topological polar surface area (TPSA) is 87.1 Å². The molecule has 0 saturated carbocycles. The minimum absolute atomic E-state index is 0.121. The fourth-order valence-corrected chi connectivity index (χ4v) is 2.49. The first-order valence-corrected chi connectivity index (χ1v) is 5.92. The van der Waals surface area contributed by atoms with E-state index in [1.165, 1.54) is 6.08 Å². The molecule has 4 nitrogen and oxygen atoms in total. The van der Waals surface area contributed by atoms with Crippen LogP contribution >= 0.6 is 38.5 Å². The molecule has 0 saturated heterocycles. The standard InChI is InChI=1S/C10H6BrIN2O2/c11-7-2-5(3-8(12)9(7)15)1-6(4-13)10(14)16/h1-3,15H,(H2,14,16)/b6-1+. The lowest BCUT2D eigenvalue weighted by Gasteiger charge is -2.02. The minimum atomic E-state index is -0.776. The fraction of sp³-hybridized carbons (Fsp3) is 0. The zero-order valence-corrected chi connectivity index (χ0v) is 11.6. The highest BCUT2D eigenvalue weighted by Gasteiger charge is 2.07. The van der Waals surface area contributed by atoms with Crippen LogP contribution in [0.5, 0.6) is 5.75 Å². The molecule has 0 aromatic heterocycles. The molecule has 1 amide bonds. The van der Waals surface area contributed by atoms with Crippen molar-refractivity contribution in [3.05, 3.63) is 31.3 Å². The van der Waals surface area contributed by atoms with Crippen molar-refractivity contribution >= 4 is 50.5 Å². The maximum Gasteiger partial charge on any atom is 0.259 e. The number of benzene rings is 1. The number of carbonyl (C=O) groups excluding carboxylic acids is 1. The van der Waals surface area contributed by atoms with Gasteiger partial charge in [-0.05, 0) is 62.3 Å². The Bertz CT molecular complexity index is 497. The van der Waals surface area contributed by atoms with Gasteiger partial charge in [0, 0.05) is 0 Å². The van der Waals surface area contributed by atoms with Gasteiger partial charge in [0.05, 0.1) is 8.04 Å². The number of aromatic hydroxyl groups is 1. The van der Waals surface area contributed by atoms with E-state index >= 15 is 0 Å². The number of nitrogens with zero attached hydrogens (tertiary/aromatic N) is 1. The first-order valence-electron chi connectivity index (χ1n) is 4.05. The van der Waals surface area contributed by atoms with Crippen LogP contribution in [0.15, 0.2) is 22.2 Å². The van der Waals surface area contributed by atoms with Crippen molar-refractivity contribution in [2.75, 3.05) is 0 Å². The van der Waals surface area contributed by atoms with E-state index in [1.807, 2.05) is 22.6 Å². The first kappa shape index (κ1) is 13.0. The van der Waals surface area contributed by atoms with Crippen LogP contribution in [-0.2, 0) is 4.79 Å². The molecule has 1 aromatic carbocycles. The van der Waals surface area contributed by atoms with Crippen molar-refractivity contribution < 1.29 is 9.90 Å². The minimum Gasteiger partial charge on any atom is -0.506 e. The number of hydrogen-bond donors (Lipinski definition) is 2. The van der Waals surface area contributed by atoms with Gasteiger partial charge in [0.25, 0.3) is 5.91 Å². The summed E-state index contributed by atoms with van der Waals surface area (Å²) >= 11 is 5.11. The molecular formula is C10H6BrIN2O2. The third kappa shape index (κ3) is 2.96. The number of rotatable bonds is 2. The van der Waals surface area contributed by atoms with Gasteiger partial charge in [0.1, 0.15) is 17.4 Å². The summed E-state index contributed by atoms with van der Waals surface area (Å²) in [5.74, 6) is -0.656. The van der Waals surface area contributed by atoms with Crippen molar-refractivity contribution in [2.24, 2.45) is 5.73 Å². The van der Waals surface area contributed by atoms with Crippen LogP contribution in [0, 0.1) is 14.9 Å². The molecule has 0 aliphatic rings. The molecule has 16 heavy (non-hydrogen) atoms. The molecule has 0 unspecified atom stereocenters. The maximum absolute atomic E-state index is 10.8. The molecule has 0 heterocycles. The highest BCUT2D eigenvalue weighted by Crippen LogP contribution is 2.31. The number of halogens is 2. The van der Waals surface area contributed by atoms with Gasteiger partial charge >= 0.3 is 0 Å². The van der Waals surface area contributed by atoms with Crippen LogP contribution < -0.4 is 5.73 Å². The Labute approximate surface area is 114 Å². The average molecular weight is 393 g/mol. The molecule has 0 radical (unpaired) electrons. The number of nitriles is 1. The number of phenolic OH excluding ortho intramolecular Hbond substituents is 1. The van der Waals surface area contributed by atoms with E-state index in [-0.39, 0.29) is 11.3 Å². The quantitative estimate of drug-likeness (QED) is 0.459. The smallest absolute Gasteiger partial charge is 0.259 e. The Hall–Kier alpha value is -1.07. The second-order valence-corrected chi connectivity index (χ2v) is 4.88. The molecule has 0 bridgehead atoms.